The lowest BCUT2D eigenvalue weighted by molar-refractivity contribution is -0.0698. The van der Waals surface area contributed by atoms with Crippen LogP contribution in [0.4, 0.5) is 15.1 Å². The summed E-state index contributed by atoms with van der Waals surface area (Å²) in [5.74, 6) is -0.628. The number of rotatable bonds is 6. The van der Waals surface area contributed by atoms with Crippen molar-refractivity contribution in [2.75, 3.05) is 18.0 Å². The van der Waals surface area contributed by atoms with Gasteiger partial charge in [-0.2, -0.15) is 0 Å². The molecule has 1 aliphatic carbocycles. The molecule has 2 aliphatic rings. The number of aromatic nitrogens is 2. The number of halogens is 1. The maximum absolute atomic E-state index is 14.9. The van der Waals surface area contributed by atoms with Crippen LogP contribution in [-0.2, 0) is 16.2 Å². The first kappa shape index (κ1) is 21.4. The Bertz CT molecular complexity index is 1030. The molecule has 0 radical (unpaired) electrons. The number of hydrogen-bond acceptors (Lipinski definition) is 9. The molecular weight excluding hydrogens is 421 g/mol. The lowest BCUT2D eigenvalue weighted by atomic mass is 9.93. The number of benzene rings is 1. The second kappa shape index (κ2) is 9.14. The molecule has 1 aromatic heterocycles. The van der Waals surface area contributed by atoms with Crippen LogP contribution in [0.15, 0.2) is 35.7 Å². The van der Waals surface area contributed by atoms with Crippen LogP contribution < -0.4 is 16.0 Å². The number of aliphatic hydroxyl groups excluding tert-OH is 1. The van der Waals surface area contributed by atoms with Gasteiger partial charge in [0.15, 0.2) is 5.96 Å². The van der Waals surface area contributed by atoms with Crippen molar-refractivity contribution in [2.24, 2.45) is 10.9 Å². The highest BCUT2D eigenvalue weighted by molar-refractivity contribution is 5.98. The molecule has 2 fully saturated rings. The molecule has 168 valence electrons. The minimum absolute atomic E-state index is 0.0123. The van der Waals surface area contributed by atoms with Crippen LogP contribution in [-0.4, -0.2) is 58.1 Å². The van der Waals surface area contributed by atoms with Crippen LogP contribution in [0.1, 0.15) is 18.4 Å². The van der Waals surface area contributed by atoms with Crippen molar-refractivity contribution in [1.29, 1.82) is 5.41 Å². The van der Waals surface area contributed by atoms with Gasteiger partial charge in [-0.3, -0.25) is 10.7 Å². The zero-order valence-corrected chi connectivity index (χ0v) is 17.0. The Morgan fingerprint density at radius 2 is 2.06 bits per heavy atom. The summed E-state index contributed by atoms with van der Waals surface area (Å²) in [6, 6.07) is 4.70. The van der Waals surface area contributed by atoms with Gasteiger partial charge in [-0.25, -0.2) is 19.2 Å². The minimum Gasteiger partial charge on any atom is -0.444 e. The van der Waals surface area contributed by atoms with Gasteiger partial charge in [-0.1, -0.05) is 23.4 Å². The van der Waals surface area contributed by atoms with E-state index < -0.39 is 17.9 Å². The Kier molecular flexibility index (Phi) is 6.12. The lowest BCUT2D eigenvalue weighted by Gasteiger charge is -2.34. The topological polar surface area (TPSA) is 159 Å². The van der Waals surface area contributed by atoms with Crippen molar-refractivity contribution in [3.8, 4) is 11.1 Å². The van der Waals surface area contributed by atoms with E-state index in [1.54, 1.807) is 12.1 Å². The summed E-state index contributed by atoms with van der Waals surface area (Å²) in [7, 11) is 0. The van der Waals surface area contributed by atoms with E-state index in [0.717, 1.165) is 5.71 Å². The number of alkyl carbamates (subject to hydrolysis) is 1. The van der Waals surface area contributed by atoms with Crippen molar-refractivity contribution >= 4 is 23.7 Å². The lowest BCUT2D eigenvalue weighted by Crippen LogP contribution is -2.48. The Morgan fingerprint density at radius 3 is 2.72 bits per heavy atom. The van der Waals surface area contributed by atoms with E-state index in [1.807, 2.05) is 10.2 Å². The fourth-order valence-corrected chi connectivity index (χ4v) is 3.19. The van der Waals surface area contributed by atoms with Crippen LogP contribution in [0.2, 0.25) is 0 Å². The molecular formula is C20H22FN7O4. The first-order chi connectivity index (χ1) is 15.4. The van der Waals surface area contributed by atoms with Gasteiger partial charge in [-0.05, 0) is 0 Å². The Morgan fingerprint density at radius 1 is 1.34 bits per heavy atom. The number of carbonyl (C=O) groups excluding carboxylic acids is 1. The van der Waals surface area contributed by atoms with Gasteiger partial charge in [0.05, 0.1) is 24.9 Å². The number of nitrogens with two attached hydrogens (primary N) is 1. The van der Waals surface area contributed by atoms with Crippen LogP contribution in [0.25, 0.3) is 11.1 Å². The molecule has 0 spiro atoms. The largest absolute Gasteiger partial charge is 0.444 e. The van der Waals surface area contributed by atoms with Gasteiger partial charge in [-0.15, -0.1) is 0 Å². The molecule has 0 bridgehead atoms. The second-order valence-electron chi connectivity index (χ2n) is 7.53. The average molecular weight is 443 g/mol. The third-order valence-electron chi connectivity index (χ3n) is 5.05. The highest BCUT2D eigenvalue weighted by Crippen LogP contribution is 2.26. The number of nitrogens with one attached hydrogen (secondary N) is 2. The first-order valence-electron chi connectivity index (χ1n) is 9.91. The number of hydrogen-bond donors (Lipinski definition) is 4. The molecule has 1 saturated carbocycles. The first-order valence-corrected chi connectivity index (χ1v) is 9.91. The molecule has 2 aromatic rings. The highest BCUT2D eigenvalue weighted by Gasteiger charge is 2.30. The zero-order chi connectivity index (χ0) is 22.7. The molecule has 0 unspecified atom stereocenters. The third-order valence-corrected chi connectivity index (χ3v) is 5.05. The maximum Gasteiger partial charge on any atom is 0.414 e. The van der Waals surface area contributed by atoms with E-state index >= 15 is 0 Å². The molecule has 0 atom stereocenters. The number of carbonyl (C=O) groups is 1. The van der Waals surface area contributed by atoms with Gasteiger partial charge in [0.1, 0.15) is 18.5 Å². The third kappa shape index (κ3) is 4.91. The van der Waals surface area contributed by atoms with E-state index in [0.29, 0.717) is 37.4 Å². The van der Waals surface area contributed by atoms with Gasteiger partial charge in [0.25, 0.3) is 0 Å². The summed E-state index contributed by atoms with van der Waals surface area (Å²) >= 11 is 0. The van der Waals surface area contributed by atoms with Crippen molar-refractivity contribution in [2.45, 2.75) is 31.7 Å². The van der Waals surface area contributed by atoms with E-state index in [1.165, 1.54) is 18.5 Å². The molecule has 1 aromatic carbocycles. The number of nitrogens with zero attached hydrogens (tertiary/aromatic N) is 4. The average Bonchev–Trinajstić information content (AvgIpc) is 2.70. The number of aliphatic hydroxyl groups is 1. The predicted molar refractivity (Wildman–Crippen MR) is 112 cm³/mol. The van der Waals surface area contributed by atoms with E-state index in [2.05, 4.69) is 15.1 Å². The van der Waals surface area contributed by atoms with Gasteiger partial charge in [0.2, 0.25) is 5.95 Å². The molecule has 2 heterocycles. The van der Waals surface area contributed by atoms with Gasteiger partial charge in [0, 0.05) is 41.9 Å². The quantitative estimate of drug-likeness (QED) is 0.294. The predicted octanol–water partition coefficient (Wildman–Crippen LogP) is 1.12. The molecule has 4 rings (SSSR count). The van der Waals surface area contributed by atoms with Gasteiger partial charge >= 0.3 is 6.09 Å². The molecule has 1 saturated heterocycles. The summed E-state index contributed by atoms with van der Waals surface area (Å²) in [5.41, 5.74) is 6.82. The minimum atomic E-state index is -0.942. The fraction of sp³-hybridized carbons (Fsp3) is 0.350. The number of ether oxygens (including phenoxy) is 1. The molecule has 1 aliphatic heterocycles. The summed E-state index contributed by atoms with van der Waals surface area (Å²) in [6.45, 7) is 0.756. The SMILES string of the molecule is N=C(N)NC(=O)OCc1cccc(-c2cnc(N3CC(=NOC4CC(O)C4)C3)nc2)c1F. The molecule has 11 nitrogen and oxygen atoms in total. The fourth-order valence-electron chi connectivity index (χ4n) is 3.19. The Labute approximate surface area is 182 Å². The summed E-state index contributed by atoms with van der Waals surface area (Å²) in [6.07, 6.45) is 3.03. The van der Waals surface area contributed by atoms with Crippen molar-refractivity contribution in [1.82, 2.24) is 15.3 Å². The standard InChI is InChI=1S/C20H22FN7O4/c21-17-11(10-31-20(30)26-18(22)23)2-1-3-16(17)12-6-24-19(25-7-12)28-8-13(9-28)27-32-15-4-14(29)5-15/h1-3,6-7,14-15,29H,4-5,8-10H2,(H4,22,23,26,30). The summed E-state index contributed by atoms with van der Waals surface area (Å²) in [5, 5.41) is 22.3. The highest BCUT2D eigenvalue weighted by atomic mass is 19.1. The van der Waals surface area contributed by atoms with Crippen molar-refractivity contribution < 1.29 is 23.9 Å². The summed E-state index contributed by atoms with van der Waals surface area (Å²) in [4.78, 5) is 27.3. The number of amides is 1. The molecule has 12 heteroatoms. The van der Waals surface area contributed by atoms with E-state index in [4.69, 9.17) is 20.7 Å². The van der Waals surface area contributed by atoms with E-state index in [-0.39, 0.29) is 29.9 Å². The van der Waals surface area contributed by atoms with Crippen LogP contribution in [0.5, 0.6) is 0 Å². The number of anilines is 1. The van der Waals surface area contributed by atoms with Crippen LogP contribution in [0, 0.1) is 11.2 Å². The zero-order valence-electron chi connectivity index (χ0n) is 17.0. The molecule has 32 heavy (non-hydrogen) atoms. The smallest absolute Gasteiger partial charge is 0.414 e. The normalized spacial score (nSPS) is 19.4. The van der Waals surface area contributed by atoms with Crippen molar-refractivity contribution in [3.63, 3.8) is 0 Å². The molecule has 1 amide bonds. The van der Waals surface area contributed by atoms with E-state index in [9.17, 15) is 14.3 Å². The monoisotopic (exact) mass is 443 g/mol. The second-order valence-corrected chi connectivity index (χ2v) is 7.53. The van der Waals surface area contributed by atoms with Gasteiger partial charge < -0.3 is 25.3 Å². The molecule has 5 N–H and O–H groups in total. The number of guanidine groups is 1. The van der Waals surface area contributed by atoms with Crippen LogP contribution >= 0.6 is 0 Å². The summed E-state index contributed by atoms with van der Waals surface area (Å²) < 4.78 is 19.7. The maximum atomic E-state index is 14.9. The van der Waals surface area contributed by atoms with Crippen molar-refractivity contribution in [3.05, 3.63) is 42.0 Å². The Hall–Kier alpha value is -3.80. The van der Waals surface area contributed by atoms with Crippen LogP contribution in [0.3, 0.4) is 0 Å². The number of oxime groups is 1. The Balaban J connectivity index is 1.34.